The molecule has 0 aliphatic carbocycles. The van der Waals surface area contributed by atoms with E-state index in [4.69, 9.17) is 5.11 Å². The van der Waals surface area contributed by atoms with Crippen LogP contribution in [0.15, 0.2) is 6.20 Å². The first kappa shape index (κ1) is 14.5. The van der Waals surface area contributed by atoms with Gasteiger partial charge in [-0.3, -0.25) is 9.59 Å². The highest BCUT2D eigenvalue weighted by molar-refractivity contribution is 5.75. The second-order valence-electron chi connectivity index (χ2n) is 5.10. The molecule has 110 valence electrons. The zero-order valence-electron chi connectivity index (χ0n) is 11.5. The summed E-state index contributed by atoms with van der Waals surface area (Å²) in [6, 6.07) is 0. The van der Waals surface area contributed by atoms with E-state index in [0.29, 0.717) is 12.1 Å². The molecule has 0 saturated carbocycles. The van der Waals surface area contributed by atoms with Gasteiger partial charge < -0.3 is 10.0 Å². The number of rotatable bonds is 5. The van der Waals surface area contributed by atoms with Crippen LogP contribution in [0, 0.1) is 0 Å². The summed E-state index contributed by atoms with van der Waals surface area (Å²) in [6.45, 7) is 1.82. The molecule has 7 heteroatoms. The fourth-order valence-electron chi connectivity index (χ4n) is 2.32. The minimum atomic E-state index is -0.861. The van der Waals surface area contributed by atoms with E-state index < -0.39 is 5.97 Å². The van der Waals surface area contributed by atoms with Gasteiger partial charge in [-0.05, 0) is 12.8 Å². The molecule has 0 unspecified atom stereocenters. The fourth-order valence-corrected chi connectivity index (χ4v) is 2.32. The molecular weight excluding hydrogens is 260 g/mol. The monoisotopic (exact) mass is 280 g/mol. The molecule has 0 aromatic carbocycles. The molecule has 20 heavy (non-hydrogen) atoms. The molecule has 1 saturated heterocycles. The Hall–Kier alpha value is -1.92. The van der Waals surface area contributed by atoms with Crippen molar-refractivity contribution in [3.63, 3.8) is 0 Å². The lowest BCUT2D eigenvalue weighted by atomic mass is 10.2. The second-order valence-corrected chi connectivity index (χ2v) is 5.10. The Labute approximate surface area is 117 Å². The molecule has 1 amide bonds. The quantitative estimate of drug-likeness (QED) is 0.857. The average Bonchev–Trinajstić information content (AvgIpc) is 2.68. The van der Waals surface area contributed by atoms with Crippen LogP contribution >= 0.6 is 0 Å². The zero-order chi connectivity index (χ0) is 14.4. The third-order valence-electron chi connectivity index (χ3n) is 3.44. The van der Waals surface area contributed by atoms with Crippen molar-refractivity contribution in [2.75, 3.05) is 13.1 Å². The van der Waals surface area contributed by atoms with Crippen LogP contribution in [-0.2, 0) is 22.6 Å². The summed E-state index contributed by atoms with van der Waals surface area (Å²) in [5.74, 6) is -0.804. The van der Waals surface area contributed by atoms with Crippen molar-refractivity contribution in [3.8, 4) is 0 Å². The number of amides is 1. The van der Waals surface area contributed by atoms with E-state index in [9.17, 15) is 9.59 Å². The minimum absolute atomic E-state index is 0.0266. The Morgan fingerprint density at radius 1 is 1.20 bits per heavy atom. The van der Waals surface area contributed by atoms with E-state index in [-0.39, 0.29) is 18.9 Å². The van der Waals surface area contributed by atoms with Gasteiger partial charge >= 0.3 is 5.97 Å². The molecular formula is C13H20N4O3. The number of hydrogen-bond donors (Lipinski definition) is 1. The van der Waals surface area contributed by atoms with Crippen LogP contribution in [0.2, 0.25) is 0 Å². The predicted molar refractivity (Wildman–Crippen MR) is 71.0 cm³/mol. The molecule has 1 aromatic rings. The topological polar surface area (TPSA) is 88.3 Å². The number of carboxylic acids is 1. The highest BCUT2D eigenvalue weighted by Crippen LogP contribution is 2.10. The maximum atomic E-state index is 12.1. The maximum Gasteiger partial charge on any atom is 0.303 e. The Bertz CT molecular complexity index is 464. The van der Waals surface area contributed by atoms with E-state index in [1.165, 1.54) is 17.5 Å². The summed E-state index contributed by atoms with van der Waals surface area (Å²) in [7, 11) is 0. The normalized spacial score (nSPS) is 15.9. The molecule has 2 rings (SSSR count). The van der Waals surface area contributed by atoms with Crippen LogP contribution in [0.3, 0.4) is 0 Å². The van der Waals surface area contributed by atoms with Gasteiger partial charge in [-0.1, -0.05) is 18.1 Å². The Morgan fingerprint density at radius 2 is 1.90 bits per heavy atom. The molecule has 1 N–H and O–H groups in total. The van der Waals surface area contributed by atoms with Gasteiger partial charge in [-0.2, -0.15) is 0 Å². The first-order chi connectivity index (χ1) is 9.65. The second kappa shape index (κ2) is 7.02. The summed E-state index contributed by atoms with van der Waals surface area (Å²) in [4.78, 5) is 24.5. The number of carboxylic acid groups (broad SMARTS) is 1. The number of hydrogen-bond acceptors (Lipinski definition) is 4. The SMILES string of the molecule is O=C(O)CCc1cn(CC(=O)N2CCCCCC2)nn1. The summed E-state index contributed by atoms with van der Waals surface area (Å²) in [5, 5.41) is 16.4. The maximum absolute atomic E-state index is 12.1. The van der Waals surface area contributed by atoms with Crippen LogP contribution in [0.4, 0.5) is 0 Å². The smallest absolute Gasteiger partial charge is 0.303 e. The lowest BCUT2D eigenvalue weighted by molar-refractivity contribution is -0.137. The number of nitrogens with zero attached hydrogens (tertiary/aromatic N) is 4. The van der Waals surface area contributed by atoms with Crippen molar-refractivity contribution in [3.05, 3.63) is 11.9 Å². The minimum Gasteiger partial charge on any atom is -0.481 e. The Balaban J connectivity index is 1.85. The van der Waals surface area contributed by atoms with Crippen molar-refractivity contribution in [2.45, 2.75) is 45.1 Å². The number of aryl methyl sites for hydroxylation is 1. The van der Waals surface area contributed by atoms with E-state index in [1.807, 2.05) is 4.90 Å². The lowest BCUT2D eigenvalue weighted by Crippen LogP contribution is -2.34. The molecule has 0 atom stereocenters. The van der Waals surface area contributed by atoms with Crippen LogP contribution in [0.25, 0.3) is 0 Å². The van der Waals surface area contributed by atoms with Crippen molar-refractivity contribution in [1.29, 1.82) is 0 Å². The Morgan fingerprint density at radius 3 is 2.55 bits per heavy atom. The first-order valence-corrected chi connectivity index (χ1v) is 7.04. The standard InChI is InChI=1S/C13H20N4O3/c18-12(16-7-3-1-2-4-8-16)10-17-9-11(14-15-17)5-6-13(19)20/h9H,1-8,10H2,(H,19,20). The van der Waals surface area contributed by atoms with Gasteiger partial charge in [0.1, 0.15) is 6.54 Å². The molecule has 7 nitrogen and oxygen atoms in total. The molecule has 1 aliphatic heterocycles. The first-order valence-electron chi connectivity index (χ1n) is 7.04. The van der Waals surface area contributed by atoms with Gasteiger partial charge in [0.25, 0.3) is 0 Å². The van der Waals surface area contributed by atoms with E-state index in [2.05, 4.69) is 10.3 Å². The third-order valence-corrected chi connectivity index (χ3v) is 3.44. The number of carbonyl (C=O) groups is 2. The average molecular weight is 280 g/mol. The molecule has 0 radical (unpaired) electrons. The van der Waals surface area contributed by atoms with Crippen molar-refractivity contribution < 1.29 is 14.7 Å². The molecule has 1 aliphatic rings. The summed E-state index contributed by atoms with van der Waals surface area (Å²) in [6.07, 6.45) is 6.52. The van der Waals surface area contributed by atoms with Crippen molar-refractivity contribution >= 4 is 11.9 Å². The van der Waals surface area contributed by atoms with Crippen LogP contribution in [0.5, 0.6) is 0 Å². The van der Waals surface area contributed by atoms with E-state index in [1.54, 1.807) is 6.20 Å². The zero-order valence-corrected chi connectivity index (χ0v) is 11.5. The summed E-state index contributed by atoms with van der Waals surface area (Å²) >= 11 is 0. The molecule has 1 fully saturated rings. The molecule has 0 bridgehead atoms. The van der Waals surface area contributed by atoms with E-state index in [0.717, 1.165) is 25.9 Å². The van der Waals surface area contributed by atoms with Gasteiger partial charge in [0, 0.05) is 25.7 Å². The predicted octanol–water partition coefficient (Wildman–Crippen LogP) is 0.698. The van der Waals surface area contributed by atoms with Gasteiger partial charge in [0.2, 0.25) is 5.91 Å². The number of aromatic nitrogens is 3. The molecule has 1 aromatic heterocycles. The van der Waals surface area contributed by atoms with Crippen LogP contribution in [0.1, 0.15) is 37.8 Å². The highest BCUT2D eigenvalue weighted by Gasteiger charge is 2.16. The van der Waals surface area contributed by atoms with Crippen LogP contribution < -0.4 is 0 Å². The third kappa shape index (κ3) is 4.32. The Kier molecular flexibility index (Phi) is 5.09. The van der Waals surface area contributed by atoms with Gasteiger partial charge in [-0.25, -0.2) is 4.68 Å². The highest BCUT2D eigenvalue weighted by atomic mass is 16.4. The van der Waals surface area contributed by atoms with Crippen LogP contribution in [-0.4, -0.2) is 50.0 Å². The number of aliphatic carboxylic acids is 1. The lowest BCUT2D eigenvalue weighted by Gasteiger charge is -2.19. The number of likely N-dealkylation sites (tertiary alicyclic amines) is 1. The van der Waals surface area contributed by atoms with Gasteiger partial charge in [-0.15, -0.1) is 5.10 Å². The largest absolute Gasteiger partial charge is 0.481 e. The van der Waals surface area contributed by atoms with E-state index >= 15 is 0 Å². The molecule has 2 heterocycles. The number of carbonyl (C=O) groups excluding carboxylic acids is 1. The summed E-state index contributed by atoms with van der Waals surface area (Å²) < 4.78 is 1.49. The van der Waals surface area contributed by atoms with Crippen molar-refractivity contribution in [2.24, 2.45) is 0 Å². The fraction of sp³-hybridized carbons (Fsp3) is 0.692. The molecule has 0 spiro atoms. The van der Waals surface area contributed by atoms with Gasteiger partial charge in [0.05, 0.1) is 12.1 Å². The van der Waals surface area contributed by atoms with Gasteiger partial charge in [0.15, 0.2) is 0 Å². The summed E-state index contributed by atoms with van der Waals surface area (Å²) in [5.41, 5.74) is 0.607. The van der Waals surface area contributed by atoms with Crippen molar-refractivity contribution in [1.82, 2.24) is 19.9 Å².